The second-order valence-electron chi connectivity index (χ2n) is 6.03. The number of fused-ring (bicyclic) bond motifs is 2. The Hall–Kier alpha value is -2.00. The molecule has 1 aliphatic heterocycles. The molecule has 1 atom stereocenters. The molecule has 0 saturated carbocycles. The summed E-state index contributed by atoms with van der Waals surface area (Å²) in [5.74, 6) is 1.51. The van der Waals surface area contributed by atoms with E-state index >= 15 is 0 Å². The van der Waals surface area contributed by atoms with E-state index in [1.807, 2.05) is 18.2 Å². The van der Waals surface area contributed by atoms with Crippen molar-refractivity contribution in [2.75, 3.05) is 7.11 Å². The van der Waals surface area contributed by atoms with Crippen molar-refractivity contribution in [2.45, 2.75) is 31.0 Å². The first-order valence-electron chi connectivity index (χ1n) is 7.31. The topological polar surface area (TPSA) is 38.7 Å². The molecule has 108 valence electrons. The van der Waals surface area contributed by atoms with Gasteiger partial charge in [-0.2, -0.15) is 0 Å². The lowest BCUT2D eigenvalue weighted by Crippen LogP contribution is -2.42. The number of aliphatic hydroxyl groups excluding tert-OH is 1. The molecule has 1 N–H and O–H groups in total. The summed E-state index contributed by atoms with van der Waals surface area (Å²) in [7, 11) is 1.64. The molecule has 4 rings (SSSR count). The molecule has 0 aromatic heterocycles. The number of hydrogen-bond donors (Lipinski definition) is 1. The fourth-order valence-electron chi connectivity index (χ4n) is 3.62. The number of benzene rings is 2. The van der Waals surface area contributed by atoms with Crippen molar-refractivity contribution in [3.63, 3.8) is 0 Å². The van der Waals surface area contributed by atoms with Gasteiger partial charge in [-0.3, -0.25) is 0 Å². The second kappa shape index (κ2) is 4.50. The maximum absolute atomic E-state index is 10.5. The summed E-state index contributed by atoms with van der Waals surface area (Å²) in [4.78, 5) is 0. The molecule has 0 radical (unpaired) electrons. The zero-order valence-corrected chi connectivity index (χ0v) is 12.0. The summed E-state index contributed by atoms with van der Waals surface area (Å²) in [6.07, 6.45) is 1.88. The van der Waals surface area contributed by atoms with Crippen molar-refractivity contribution < 1.29 is 14.6 Å². The van der Waals surface area contributed by atoms with Crippen LogP contribution >= 0.6 is 0 Å². The van der Waals surface area contributed by atoms with Crippen LogP contribution in [0.3, 0.4) is 0 Å². The van der Waals surface area contributed by atoms with Crippen molar-refractivity contribution in [3.05, 3.63) is 59.2 Å². The minimum absolute atomic E-state index is 0.317. The second-order valence-corrected chi connectivity index (χ2v) is 6.03. The zero-order chi connectivity index (χ0) is 14.4. The van der Waals surface area contributed by atoms with Gasteiger partial charge in [0.15, 0.2) is 0 Å². The first-order chi connectivity index (χ1) is 10.2. The molecular formula is C18H18O3. The van der Waals surface area contributed by atoms with Gasteiger partial charge in [-0.25, -0.2) is 0 Å². The Balaban J connectivity index is 1.72. The number of hydrogen-bond acceptors (Lipinski definition) is 3. The zero-order valence-electron chi connectivity index (χ0n) is 12.0. The van der Waals surface area contributed by atoms with E-state index < -0.39 is 6.10 Å². The molecule has 3 nitrogen and oxygen atoms in total. The maximum atomic E-state index is 10.5. The Morgan fingerprint density at radius 3 is 2.52 bits per heavy atom. The highest BCUT2D eigenvalue weighted by molar-refractivity contribution is 5.46. The summed E-state index contributed by atoms with van der Waals surface area (Å²) in [6.45, 7) is 0. The van der Waals surface area contributed by atoms with Gasteiger partial charge in [0.2, 0.25) is 0 Å². The highest BCUT2D eigenvalue weighted by atomic mass is 16.5. The van der Waals surface area contributed by atoms with Crippen molar-refractivity contribution in [3.8, 4) is 11.5 Å². The van der Waals surface area contributed by atoms with Gasteiger partial charge in [0.1, 0.15) is 17.1 Å². The van der Waals surface area contributed by atoms with Crippen LogP contribution in [0.15, 0.2) is 42.5 Å². The lowest BCUT2D eigenvalue weighted by molar-refractivity contribution is -0.00720. The normalized spacial score (nSPS) is 21.5. The third-order valence-corrected chi connectivity index (χ3v) is 4.62. The number of ether oxygens (including phenoxy) is 2. The Labute approximate surface area is 124 Å². The van der Waals surface area contributed by atoms with E-state index in [1.54, 1.807) is 7.11 Å². The molecule has 2 aliphatic rings. The van der Waals surface area contributed by atoms with Gasteiger partial charge in [0.25, 0.3) is 0 Å². The molecule has 2 aromatic carbocycles. The van der Waals surface area contributed by atoms with Crippen LogP contribution in [0.1, 0.15) is 29.2 Å². The average Bonchev–Trinajstić information content (AvgIpc) is 2.83. The first-order valence-corrected chi connectivity index (χ1v) is 7.31. The lowest BCUT2D eigenvalue weighted by Gasteiger charge is -2.38. The predicted octanol–water partition coefficient (Wildman–Crippen LogP) is 3.05. The van der Waals surface area contributed by atoms with Gasteiger partial charge < -0.3 is 14.6 Å². The maximum Gasteiger partial charge on any atom is 0.129 e. The fourth-order valence-corrected chi connectivity index (χ4v) is 3.62. The quantitative estimate of drug-likeness (QED) is 0.873. The van der Waals surface area contributed by atoms with E-state index in [4.69, 9.17) is 9.47 Å². The minimum Gasteiger partial charge on any atom is -0.497 e. The van der Waals surface area contributed by atoms with E-state index in [9.17, 15) is 5.11 Å². The molecule has 0 fully saturated rings. The molecule has 0 unspecified atom stereocenters. The van der Waals surface area contributed by atoms with Crippen LogP contribution < -0.4 is 9.47 Å². The number of methoxy groups -OCH3 is 1. The molecule has 0 saturated heterocycles. The van der Waals surface area contributed by atoms with E-state index in [0.29, 0.717) is 6.42 Å². The van der Waals surface area contributed by atoms with Gasteiger partial charge in [-0.1, -0.05) is 24.3 Å². The molecule has 0 bridgehead atoms. The molecule has 0 amide bonds. The molecule has 1 aliphatic carbocycles. The number of rotatable bonds is 1. The Morgan fingerprint density at radius 1 is 1.14 bits per heavy atom. The molecule has 1 spiro atoms. The smallest absolute Gasteiger partial charge is 0.129 e. The van der Waals surface area contributed by atoms with E-state index in [2.05, 4.69) is 24.3 Å². The summed E-state index contributed by atoms with van der Waals surface area (Å²) < 4.78 is 11.6. The van der Waals surface area contributed by atoms with Gasteiger partial charge >= 0.3 is 0 Å². The van der Waals surface area contributed by atoms with Gasteiger partial charge in [0, 0.05) is 30.9 Å². The first kappa shape index (κ1) is 12.7. The molecule has 1 heterocycles. The predicted molar refractivity (Wildman–Crippen MR) is 79.8 cm³/mol. The highest BCUT2D eigenvalue weighted by Gasteiger charge is 2.44. The number of aliphatic hydroxyl groups is 1. The fraction of sp³-hybridized carbons (Fsp3) is 0.333. The summed E-state index contributed by atoms with van der Waals surface area (Å²) in [6, 6.07) is 14.1. The van der Waals surface area contributed by atoms with Crippen LogP contribution in [0.4, 0.5) is 0 Å². The van der Waals surface area contributed by atoms with Gasteiger partial charge in [-0.05, 0) is 23.3 Å². The summed E-state index contributed by atoms with van der Waals surface area (Å²) in [5, 5.41) is 10.5. The van der Waals surface area contributed by atoms with Crippen molar-refractivity contribution in [1.82, 2.24) is 0 Å². The monoisotopic (exact) mass is 282 g/mol. The Morgan fingerprint density at radius 2 is 1.86 bits per heavy atom. The lowest BCUT2D eigenvalue weighted by atomic mass is 9.86. The Bertz CT molecular complexity index is 668. The standard InChI is InChI=1S/C18H18O3/c1-20-14-6-7-15-16(19)11-18(21-17(15)8-14)9-12-4-2-3-5-13(12)10-18/h2-8,16,19H,9-11H2,1H3/t16-/m1/s1. The van der Waals surface area contributed by atoms with Crippen LogP contribution in [0, 0.1) is 0 Å². The van der Waals surface area contributed by atoms with Gasteiger partial charge in [-0.15, -0.1) is 0 Å². The van der Waals surface area contributed by atoms with Gasteiger partial charge in [0.05, 0.1) is 13.2 Å². The van der Waals surface area contributed by atoms with Crippen molar-refractivity contribution in [2.24, 2.45) is 0 Å². The van der Waals surface area contributed by atoms with E-state index in [0.717, 1.165) is 29.9 Å². The summed E-state index contributed by atoms with van der Waals surface area (Å²) >= 11 is 0. The SMILES string of the molecule is COc1ccc2c(c1)OC1(Cc3ccccc3C1)C[C@H]2O. The van der Waals surface area contributed by atoms with E-state index in [1.165, 1.54) is 11.1 Å². The molecule has 21 heavy (non-hydrogen) atoms. The molecule has 3 heteroatoms. The van der Waals surface area contributed by atoms with Crippen LogP contribution in [-0.2, 0) is 12.8 Å². The Kier molecular flexibility index (Phi) is 2.73. The third-order valence-electron chi connectivity index (χ3n) is 4.62. The minimum atomic E-state index is -0.478. The molecular weight excluding hydrogens is 264 g/mol. The molecule has 2 aromatic rings. The van der Waals surface area contributed by atoms with Crippen LogP contribution in [0.25, 0.3) is 0 Å². The van der Waals surface area contributed by atoms with Crippen LogP contribution in [-0.4, -0.2) is 17.8 Å². The summed E-state index contributed by atoms with van der Waals surface area (Å²) in [5.41, 5.74) is 3.20. The van der Waals surface area contributed by atoms with Crippen molar-refractivity contribution in [1.29, 1.82) is 0 Å². The van der Waals surface area contributed by atoms with Crippen LogP contribution in [0.5, 0.6) is 11.5 Å². The average molecular weight is 282 g/mol. The third kappa shape index (κ3) is 2.00. The van der Waals surface area contributed by atoms with Crippen molar-refractivity contribution >= 4 is 0 Å². The van der Waals surface area contributed by atoms with Crippen LogP contribution in [0.2, 0.25) is 0 Å². The highest BCUT2D eigenvalue weighted by Crippen LogP contribution is 2.46. The largest absolute Gasteiger partial charge is 0.497 e. The van der Waals surface area contributed by atoms with E-state index in [-0.39, 0.29) is 5.60 Å².